The minimum atomic E-state index is -1.07. The standard InChI is InChI=1S/C6H7ClN2O3/c7-6-9-3(2-12-6)1-4(8)5(10)11/h2,4H,1,8H2,(H,10,11). The van der Waals surface area contributed by atoms with Crippen molar-refractivity contribution in [3.63, 3.8) is 0 Å². The van der Waals surface area contributed by atoms with E-state index in [9.17, 15) is 4.79 Å². The highest BCUT2D eigenvalue weighted by Crippen LogP contribution is 2.08. The van der Waals surface area contributed by atoms with E-state index in [4.69, 9.17) is 22.4 Å². The molecule has 0 saturated heterocycles. The lowest BCUT2D eigenvalue weighted by Gasteiger charge is -2.00. The third kappa shape index (κ3) is 2.21. The van der Waals surface area contributed by atoms with Gasteiger partial charge in [0.25, 0.3) is 5.35 Å². The fourth-order valence-electron chi connectivity index (χ4n) is 0.689. The van der Waals surface area contributed by atoms with Gasteiger partial charge in [0.1, 0.15) is 12.3 Å². The third-order valence-electron chi connectivity index (χ3n) is 1.27. The Morgan fingerprint density at radius 3 is 3.00 bits per heavy atom. The number of nitrogens with zero attached hydrogens (tertiary/aromatic N) is 1. The van der Waals surface area contributed by atoms with Crippen molar-refractivity contribution in [2.24, 2.45) is 5.73 Å². The van der Waals surface area contributed by atoms with E-state index in [0.717, 1.165) is 0 Å². The molecule has 0 radical (unpaired) electrons. The van der Waals surface area contributed by atoms with E-state index in [1.807, 2.05) is 0 Å². The van der Waals surface area contributed by atoms with Gasteiger partial charge in [-0.1, -0.05) is 0 Å². The largest absolute Gasteiger partial charge is 0.480 e. The van der Waals surface area contributed by atoms with Crippen LogP contribution in [0.25, 0.3) is 0 Å². The summed E-state index contributed by atoms with van der Waals surface area (Å²) in [6.45, 7) is 0. The lowest BCUT2D eigenvalue weighted by molar-refractivity contribution is -0.138. The van der Waals surface area contributed by atoms with Gasteiger partial charge in [0.05, 0.1) is 5.69 Å². The first-order valence-corrected chi connectivity index (χ1v) is 3.55. The molecule has 66 valence electrons. The van der Waals surface area contributed by atoms with Crippen molar-refractivity contribution in [2.45, 2.75) is 12.5 Å². The molecule has 0 aromatic carbocycles. The molecule has 5 nitrogen and oxygen atoms in total. The van der Waals surface area contributed by atoms with Crippen molar-refractivity contribution in [2.75, 3.05) is 0 Å². The number of rotatable bonds is 3. The van der Waals surface area contributed by atoms with Gasteiger partial charge in [-0.3, -0.25) is 4.79 Å². The zero-order valence-corrected chi connectivity index (χ0v) is 6.78. The zero-order chi connectivity index (χ0) is 9.14. The second kappa shape index (κ2) is 3.55. The Morgan fingerprint density at radius 1 is 1.92 bits per heavy atom. The molecule has 0 saturated carbocycles. The molecule has 6 heteroatoms. The lowest BCUT2D eigenvalue weighted by Crippen LogP contribution is -2.32. The summed E-state index contributed by atoms with van der Waals surface area (Å²) in [5, 5.41) is 8.42. The first-order valence-electron chi connectivity index (χ1n) is 3.18. The Labute approximate surface area is 73.1 Å². The van der Waals surface area contributed by atoms with Gasteiger partial charge in [-0.25, -0.2) is 4.98 Å². The Morgan fingerprint density at radius 2 is 2.58 bits per heavy atom. The van der Waals surface area contributed by atoms with E-state index in [2.05, 4.69) is 9.40 Å². The normalized spacial score (nSPS) is 12.8. The van der Waals surface area contributed by atoms with Crippen molar-refractivity contribution in [3.05, 3.63) is 17.3 Å². The van der Waals surface area contributed by atoms with E-state index in [0.29, 0.717) is 5.69 Å². The van der Waals surface area contributed by atoms with Crippen LogP contribution in [-0.2, 0) is 11.2 Å². The van der Waals surface area contributed by atoms with Crippen LogP contribution in [0.15, 0.2) is 10.7 Å². The van der Waals surface area contributed by atoms with Crippen molar-refractivity contribution >= 4 is 17.6 Å². The third-order valence-corrected chi connectivity index (χ3v) is 1.44. The van der Waals surface area contributed by atoms with Crippen LogP contribution in [0, 0.1) is 0 Å². The number of carbonyl (C=O) groups is 1. The monoisotopic (exact) mass is 190 g/mol. The summed E-state index contributed by atoms with van der Waals surface area (Å²) >= 11 is 5.36. The molecule has 1 atom stereocenters. The van der Waals surface area contributed by atoms with Gasteiger partial charge >= 0.3 is 5.97 Å². The van der Waals surface area contributed by atoms with Gasteiger partial charge in [-0.2, -0.15) is 0 Å². The Bertz CT molecular complexity index is 286. The highest BCUT2D eigenvalue weighted by Gasteiger charge is 2.14. The van der Waals surface area contributed by atoms with Crippen LogP contribution in [0.1, 0.15) is 5.69 Å². The predicted molar refractivity (Wildman–Crippen MR) is 40.8 cm³/mol. The molecular weight excluding hydrogens is 184 g/mol. The highest BCUT2D eigenvalue weighted by molar-refractivity contribution is 6.27. The summed E-state index contributed by atoms with van der Waals surface area (Å²) < 4.78 is 4.65. The van der Waals surface area contributed by atoms with E-state index < -0.39 is 12.0 Å². The SMILES string of the molecule is NC(Cc1coc(Cl)n1)C(=O)O. The topological polar surface area (TPSA) is 89.4 Å². The number of oxazole rings is 1. The second-order valence-corrected chi connectivity index (χ2v) is 2.56. The second-order valence-electron chi connectivity index (χ2n) is 2.24. The number of aromatic nitrogens is 1. The Kier molecular flexibility index (Phi) is 2.67. The molecule has 0 aliphatic rings. The number of nitrogens with two attached hydrogens (primary N) is 1. The molecule has 0 amide bonds. The summed E-state index contributed by atoms with van der Waals surface area (Å²) in [7, 11) is 0. The first kappa shape index (κ1) is 9.02. The van der Waals surface area contributed by atoms with Crippen LogP contribution in [0.4, 0.5) is 0 Å². The average Bonchev–Trinajstić information content (AvgIpc) is 2.35. The lowest BCUT2D eigenvalue weighted by atomic mass is 10.2. The van der Waals surface area contributed by atoms with Crippen LogP contribution < -0.4 is 5.73 Å². The van der Waals surface area contributed by atoms with E-state index >= 15 is 0 Å². The van der Waals surface area contributed by atoms with Crippen molar-refractivity contribution in [1.82, 2.24) is 4.98 Å². The maximum Gasteiger partial charge on any atom is 0.320 e. The van der Waals surface area contributed by atoms with Crippen LogP contribution in [0.2, 0.25) is 5.35 Å². The van der Waals surface area contributed by atoms with Crippen LogP contribution >= 0.6 is 11.6 Å². The smallest absolute Gasteiger partial charge is 0.320 e. The maximum absolute atomic E-state index is 10.3. The van der Waals surface area contributed by atoms with Gasteiger partial charge in [0.2, 0.25) is 0 Å². The van der Waals surface area contributed by atoms with E-state index in [1.54, 1.807) is 0 Å². The van der Waals surface area contributed by atoms with Crippen molar-refractivity contribution < 1.29 is 14.3 Å². The average molecular weight is 191 g/mol. The molecular formula is C6H7ClN2O3. The molecule has 0 aliphatic heterocycles. The van der Waals surface area contributed by atoms with E-state index in [1.165, 1.54) is 6.26 Å². The molecule has 0 fully saturated rings. The highest BCUT2D eigenvalue weighted by atomic mass is 35.5. The zero-order valence-electron chi connectivity index (χ0n) is 6.03. The minimum Gasteiger partial charge on any atom is -0.480 e. The summed E-state index contributed by atoms with van der Waals surface area (Å²) in [5.74, 6) is -1.07. The number of hydrogen-bond donors (Lipinski definition) is 2. The number of carboxylic acids is 1. The number of halogens is 1. The van der Waals surface area contributed by atoms with Gasteiger partial charge in [0, 0.05) is 6.42 Å². The Balaban J connectivity index is 2.58. The van der Waals surface area contributed by atoms with Gasteiger partial charge in [-0.15, -0.1) is 0 Å². The fraction of sp³-hybridized carbons (Fsp3) is 0.333. The molecule has 0 aliphatic carbocycles. The summed E-state index contributed by atoms with van der Waals surface area (Å²) in [4.78, 5) is 14.0. The van der Waals surface area contributed by atoms with Crippen molar-refractivity contribution in [1.29, 1.82) is 0 Å². The summed E-state index contributed by atoms with van der Waals surface area (Å²) in [5.41, 5.74) is 5.67. The van der Waals surface area contributed by atoms with Gasteiger partial charge < -0.3 is 15.3 Å². The molecule has 0 bridgehead atoms. The predicted octanol–water partition coefficient (Wildman–Crippen LogP) is 0.282. The molecule has 1 heterocycles. The Hall–Kier alpha value is -1.07. The van der Waals surface area contributed by atoms with Gasteiger partial charge in [-0.05, 0) is 11.6 Å². The molecule has 1 rings (SSSR count). The minimum absolute atomic E-state index is 0.0115. The number of aliphatic carboxylic acids is 1. The molecule has 1 aromatic heterocycles. The van der Waals surface area contributed by atoms with Crippen LogP contribution in [0.3, 0.4) is 0 Å². The number of carboxylic acid groups (broad SMARTS) is 1. The van der Waals surface area contributed by atoms with Crippen LogP contribution in [0.5, 0.6) is 0 Å². The molecule has 12 heavy (non-hydrogen) atoms. The molecule has 3 N–H and O–H groups in total. The van der Waals surface area contributed by atoms with Crippen LogP contribution in [-0.4, -0.2) is 22.1 Å². The summed E-state index contributed by atoms with van der Waals surface area (Å²) in [6, 6.07) is -0.967. The first-order chi connectivity index (χ1) is 5.59. The molecule has 0 spiro atoms. The molecule has 1 aromatic rings. The number of hydrogen-bond acceptors (Lipinski definition) is 4. The van der Waals surface area contributed by atoms with Gasteiger partial charge in [0.15, 0.2) is 0 Å². The maximum atomic E-state index is 10.3. The van der Waals surface area contributed by atoms with Crippen molar-refractivity contribution in [3.8, 4) is 0 Å². The molecule has 1 unspecified atom stereocenters. The fourth-order valence-corrected chi connectivity index (χ4v) is 0.842. The summed E-state index contributed by atoms with van der Waals surface area (Å²) in [6.07, 6.45) is 1.40. The van der Waals surface area contributed by atoms with E-state index in [-0.39, 0.29) is 11.8 Å². The quantitative estimate of drug-likeness (QED) is 0.715.